The zero-order valence-corrected chi connectivity index (χ0v) is 10.5. The Morgan fingerprint density at radius 2 is 1.64 bits per heavy atom. The molecule has 0 heterocycles. The Kier molecular flexibility index (Phi) is 4.01. The molecule has 1 aromatic rings. The number of hydrogen-bond donors (Lipinski definition) is 2. The van der Waals surface area contributed by atoms with E-state index in [4.69, 9.17) is 0 Å². The van der Waals surface area contributed by atoms with Gasteiger partial charge in [0, 0.05) is 32.5 Å². The zero-order valence-electron chi connectivity index (χ0n) is 8.68. The average molecular weight is 228 g/mol. The van der Waals surface area contributed by atoms with Gasteiger partial charge in [-0.2, -0.15) is 0 Å². The second kappa shape index (κ2) is 4.84. The van der Waals surface area contributed by atoms with Crippen LogP contribution in [0.4, 0.5) is 11.4 Å². The molecule has 2 nitrogen and oxygen atoms in total. The molecule has 0 radical (unpaired) electrons. The van der Waals surface area contributed by atoms with Gasteiger partial charge in [0.05, 0.1) is 0 Å². The molecular formula is C10H16N2S2. The summed E-state index contributed by atoms with van der Waals surface area (Å²) in [4.78, 5) is 4.07. The lowest BCUT2D eigenvalue weighted by Gasteiger charge is -2.23. The van der Waals surface area contributed by atoms with Gasteiger partial charge in [0.25, 0.3) is 0 Å². The fraction of sp³-hybridized carbons (Fsp3) is 0.400. The maximum absolute atomic E-state index is 4.27. The summed E-state index contributed by atoms with van der Waals surface area (Å²) in [6.07, 6.45) is 0. The highest BCUT2D eigenvalue weighted by Crippen LogP contribution is 2.23. The predicted octanol–water partition coefficient (Wildman–Crippen LogP) is 2.33. The van der Waals surface area contributed by atoms with Crippen LogP contribution in [0.25, 0.3) is 0 Å². The maximum Gasteiger partial charge on any atom is 0.116 e. The molecule has 0 aromatic heterocycles. The Bertz CT molecular complexity index is 300. The quantitative estimate of drug-likeness (QED) is 0.605. The highest BCUT2D eigenvalue weighted by molar-refractivity contribution is 7.99. The van der Waals surface area contributed by atoms with E-state index in [2.05, 4.69) is 42.3 Å². The van der Waals surface area contributed by atoms with E-state index in [0.29, 0.717) is 0 Å². The van der Waals surface area contributed by atoms with E-state index in [1.165, 1.54) is 5.69 Å². The third-order valence-corrected chi connectivity index (χ3v) is 2.79. The van der Waals surface area contributed by atoms with Crippen LogP contribution in [0.15, 0.2) is 24.3 Å². The van der Waals surface area contributed by atoms with Crippen molar-refractivity contribution in [1.29, 1.82) is 0 Å². The summed E-state index contributed by atoms with van der Waals surface area (Å²) in [5.74, 6) is 0. The monoisotopic (exact) mass is 228 g/mol. The number of hydrogen-bond acceptors (Lipinski definition) is 4. The maximum atomic E-state index is 4.27. The van der Waals surface area contributed by atoms with E-state index in [1.807, 2.05) is 38.2 Å². The summed E-state index contributed by atoms with van der Waals surface area (Å²) < 4.78 is -0.0765. The summed E-state index contributed by atoms with van der Waals surface area (Å²) in [6.45, 7) is 0. The van der Waals surface area contributed by atoms with E-state index in [0.717, 1.165) is 5.69 Å². The first kappa shape index (κ1) is 11.6. The molecule has 0 amide bonds. The average Bonchev–Trinajstić information content (AvgIpc) is 2.16. The molecule has 0 saturated heterocycles. The van der Waals surface area contributed by atoms with E-state index < -0.39 is 0 Å². The number of nitrogens with zero attached hydrogens (tertiary/aromatic N) is 2. The molecule has 0 aliphatic rings. The molecule has 0 N–H and O–H groups in total. The van der Waals surface area contributed by atoms with Crippen molar-refractivity contribution in [3.63, 3.8) is 0 Å². The van der Waals surface area contributed by atoms with Crippen LogP contribution in [0.3, 0.4) is 0 Å². The molecule has 0 unspecified atom stereocenters. The summed E-state index contributed by atoms with van der Waals surface area (Å²) in [6, 6.07) is 8.26. The SMILES string of the molecule is CN(C)c1cccc(N(C)C(S)S)c1. The van der Waals surface area contributed by atoms with Crippen molar-refractivity contribution in [2.45, 2.75) is 4.71 Å². The minimum atomic E-state index is -0.0765. The minimum absolute atomic E-state index is 0.0765. The minimum Gasteiger partial charge on any atom is -0.378 e. The highest BCUT2D eigenvalue weighted by Gasteiger charge is 2.06. The van der Waals surface area contributed by atoms with E-state index in [9.17, 15) is 0 Å². The van der Waals surface area contributed by atoms with Gasteiger partial charge in [-0.05, 0) is 18.2 Å². The van der Waals surface area contributed by atoms with Gasteiger partial charge in [0.15, 0.2) is 0 Å². The lowest BCUT2D eigenvalue weighted by atomic mass is 10.2. The van der Waals surface area contributed by atoms with E-state index >= 15 is 0 Å². The van der Waals surface area contributed by atoms with Crippen LogP contribution in [-0.4, -0.2) is 25.8 Å². The third kappa shape index (κ3) is 2.75. The molecule has 0 spiro atoms. The molecule has 0 saturated carbocycles. The van der Waals surface area contributed by atoms with Crippen LogP contribution < -0.4 is 9.80 Å². The Labute approximate surface area is 96.7 Å². The van der Waals surface area contributed by atoms with Gasteiger partial charge in [-0.25, -0.2) is 0 Å². The van der Waals surface area contributed by atoms with Gasteiger partial charge in [0.2, 0.25) is 0 Å². The van der Waals surface area contributed by atoms with Gasteiger partial charge in [-0.3, -0.25) is 0 Å². The fourth-order valence-electron chi connectivity index (χ4n) is 1.12. The number of anilines is 2. The molecule has 0 bridgehead atoms. The first-order valence-corrected chi connectivity index (χ1v) is 5.42. The summed E-state index contributed by atoms with van der Waals surface area (Å²) >= 11 is 8.53. The van der Waals surface area contributed by atoms with Crippen molar-refractivity contribution in [3.05, 3.63) is 24.3 Å². The molecule has 0 atom stereocenters. The number of thiol groups is 2. The van der Waals surface area contributed by atoms with Crippen molar-refractivity contribution in [1.82, 2.24) is 0 Å². The molecule has 4 heteroatoms. The van der Waals surface area contributed by atoms with Gasteiger partial charge in [-0.1, -0.05) is 6.07 Å². The van der Waals surface area contributed by atoms with Gasteiger partial charge < -0.3 is 9.80 Å². The molecule has 1 rings (SSSR count). The fourth-order valence-corrected chi connectivity index (χ4v) is 1.39. The van der Waals surface area contributed by atoms with Crippen LogP contribution >= 0.6 is 25.3 Å². The van der Waals surface area contributed by atoms with Gasteiger partial charge >= 0.3 is 0 Å². The van der Waals surface area contributed by atoms with Crippen LogP contribution in [0.2, 0.25) is 0 Å². The predicted molar refractivity (Wildman–Crippen MR) is 70.9 cm³/mol. The Morgan fingerprint density at radius 1 is 1.07 bits per heavy atom. The molecule has 0 aliphatic heterocycles. The smallest absolute Gasteiger partial charge is 0.116 e. The second-order valence-electron chi connectivity index (χ2n) is 3.37. The molecule has 14 heavy (non-hydrogen) atoms. The third-order valence-electron chi connectivity index (χ3n) is 2.10. The first-order chi connectivity index (χ1) is 6.52. The van der Waals surface area contributed by atoms with Crippen molar-refractivity contribution in [2.24, 2.45) is 0 Å². The van der Waals surface area contributed by atoms with Gasteiger partial charge in [-0.15, -0.1) is 25.3 Å². The van der Waals surface area contributed by atoms with E-state index in [-0.39, 0.29) is 4.71 Å². The van der Waals surface area contributed by atoms with Gasteiger partial charge in [0.1, 0.15) is 4.71 Å². The first-order valence-electron chi connectivity index (χ1n) is 4.38. The molecule has 0 aliphatic carbocycles. The molecule has 0 fully saturated rings. The molecular weight excluding hydrogens is 212 g/mol. The Morgan fingerprint density at radius 3 is 2.14 bits per heavy atom. The van der Waals surface area contributed by atoms with E-state index in [1.54, 1.807) is 0 Å². The van der Waals surface area contributed by atoms with Crippen molar-refractivity contribution >= 4 is 36.6 Å². The molecule has 1 aromatic carbocycles. The number of benzene rings is 1. The largest absolute Gasteiger partial charge is 0.378 e. The topological polar surface area (TPSA) is 6.48 Å². The normalized spacial score (nSPS) is 10.4. The van der Waals surface area contributed by atoms with Crippen molar-refractivity contribution < 1.29 is 0 Å². The van der Waals surface area contributed by atoms with Crippen molar-refractivity contribution in [3.8, 4) is 0 Å². The molecule has 78 valence electrons. The summed E-state index contributed by atoms with van der Waals surface area (Å²) in [7, 11) is 6.02. The van der Waals surface area contributed by atoms with Crippen LogP contribution in [-0.2, 0) is 0 Å². The Balaban J connectivity index is 2.93. The Hall–Kier alpha value is -0.480. The van der Waals surface area contributed by atoms with Crippen molar-refractivity contribution in [2.75, 3.05) is 30.9 Å². The number of rotatable bonds is 3. The summed E-state index contributed by atoms with van der Waals surface area (Å²) in [5, 5.41) is 0. The lowest BCUT2D eigenvalue weighted by molar-refractivity contribution is 1.05. The van der Waals surface area contributed by atoms with Crippen LogP contribution in [0.1, 0.15) is 0 Å². The standard InChI is InChI=1S/C10H16N2S2/c1-11(2)8-5-4-6-9(7-8)12(3)10(13)14/h4-7,10,13-14H,1-3H3. The highest BCUT2D eigenvalue weighted by atomic mass is 32.2. The second-order valence-corrected chi connectivity index (χ2v) is 4.76. The lowest BCUT2D eigenvalue weighted by Crippen LogP contribution is -2.22. The summed E-state index contributed by atoms with van der Waals surface area (Å²) in [5.41, 5.74) is 2.29. The van der Waals surface area contributed by atoms with Crippen LogP contribution in [0.5, 0.6) is 0 Å². The van der Waals surface area contributed by atoms with Crippen LogP contribution in [0, 0.1) is 0 Å². The zero-order chi connectivity index (χ0) is 10.7.